The van der Waals surface area contributed by atoms with Gasteiger partial charge < -0.3 is 20.9 Å². The minimum Gasteiger partial charge on any atom is -0.351 e. The van der Waals surface area contributed by atoms with Gasteiger partial charge in [-0.15, -0.1) is 24.8 Å². The fourth-order valence-corrected chi connectivity index (χ4v) is 4.73. The lowest BCUT2D eigenvalue weighted by Gasteiger charge is -2.27. The van der Waals surface area contributed by atoms with Crippen LogP contribution in [0.1, 0.15) is 67.8 Å². The second kappa shape index (κ2) is 11.1. The van der Waals surface area contributed by atoms with E-state index in [0.717, 1.165) is 44.2 Å². The van der Waals surface area contributed by atoms with Crippen LogP contribution < -0.4 is 16.4 Å². The third-order valence-corrected chi connectivity index (χ3v) is 6.51. The summed E-state index contributed by atoms with van der Waals surface area (Å²) in [7, 11) is 0. The van der Waals surface area contributed by atoms with Gasteiger partial charge in [0.25, 0.3) is 5.91 Å². The molecule has 0 atom stereocenters. The highest BCUT2D eigenvalue weighted by atomic mass is 35.5. The lowest BCUT2D eigenvalue weighted by Crippen LogP contribution is -2.33. The normalized spacial score (nSPS) is 20.6. The first kappa shape index (κ1) is 25.2. The highest BCUT2D eigenvalue weighted by molar-refractivity contribution is 6.06. The summed E-state index contributed by atoms with van der Waals surface area (Å²) in [6.45, 7) is 0. The molecular weight excluding hydrogens is 461 g/mol. The van der Waals surface area contributed by atoms with Gasteiger partial charge in [0.05, 0.1) is 6.33 Å². The molecule has 0 radical (unpaired) electrons. The summed E-state index contributed by atoms with van der Waals surface area (Å²) in [5, 5.41) is 6.45. The van der Waals surface area contributed by atoms with Crippen LogP contribution in [0.4, 0.5) is 11.8 Å². The zero-order chi connectivity index (χ0) is 21.2. The van der Waals surface area contributed by atoms with Crippen LogP contribution in [0.25, 0.3) is 11.2 Å². The molecule has 2 aromatic heterocycles. The highest BCUT2D eigenvalue weighted by Gasteiger charge is 2.24. The number of halogens is 2. The van der Waals surface area contributed by atoms with Crippen molar-refractivity contribution < 1.29 is 4.79 Å². The molecular formula is C23H31Cl2N7O. The fourth-order valence-electron chi connectivity index (χ4n) is 4.73. The maximum atomic E-state index is 12.8. The van der Waals surface area contributed by atoms with Gasteiger partial charge in [-0.3, -0.25) is 4.79 Å². The topological polar surface area (TPSA) is 111 Å². The van der Waals surface area contributed by atoms with Crippen molar-refractivity contribution in [3.63, 3.8) is 0 Å². The van der Waals surface area contributed by atoms with Gasteiger partial charge in [0.1, 0.15) is 0 Å². The number of fused-ring (bicyclic) bond motifs is 1. The Balaban J connectivity index is 0.00000153. The summed E-state index contributed by atoms with van der Waals surface area (Å²) in [6.07, 6.45) is 10.5. The van der Waals surface area contributed by atoms with Crippen LogP contribution in [-0.4, -0.2) is 37.5 Å². The van der Waals surface area contributed by atoms with Gasteiger partial charge in [-0.25, -0.2) is 4.98 Å². The molecule has 3 aromatic rings. The first-order valence-electron chi connectivity index (χ1n) is 11.3. The van der Waals surface area contributed by atoms with Crippen LogP contribution >= 0.6 is 24.8 Å². The molecule has 0 bridgehead atoms. The van der Waals surface area contributed by atoms with Crippen molar-refractivity contribution in [2.45, 2.75) is 69.5 Å². The van der Waals surface area contributed by atoms with Gasteiger partial charge in [-0.05, 0) is 50.7 Å². The molecule has 0 saturated heterocycles. The number of anilines is 2. The van der Waals surface area contributed by atoms with Crippen LogP contribution in [0.2, 0.25) is 0 Å². The molecule has 5 rings (SSSR count). The van der Waals surface area contributed by atoms with Crippen molar-refractivity contribution in [2.75, 3.05) is 10.6 Å². The summed E-state index contributed by atoms with van der Waals surface area (Å²) in [6, 6.07) is 10.1. The molecule has 2 heterocycles. The number of aromatic nitrogens is 4. The first-order chi connectivity index (χ1) is 15.2. The second-order valence-corrected chi connectivity index (χ2v) is 8.73. The molecule has 4 N–H and O–H groups in total. The average Bonchev–Trinajstić information content (AvgIpc) is 3.46. The quantitative estimate of drug-likeness (QED) is 0.476. The molecule has 8 nitrogen and oxygen atoms in total. The van der Waals surface area contributed by atoms with Crippen LogP contribution in [0.5, 0.6) is 0 Å². The molecule has 0 aliphatic heterocycles. The van der Waals surface area contributed by atoms with E-state index in [1.54, 1.807) is 12.1 Å². The number of nitrogens with one attached hydrogen (secondary N) is 2. The predicted octanol–water partition coefficient (Wildman–Crippen LogP) is 4.72. The Morgan fingerprint density at radius 2 is 1.67 bits per heavy atom. The minimum absolute atomic E-state index is 0. The Morgan fingerprint density at radius 1 is 0.970 bits per heavy atom. The number of nitrogens with two attached hydrogens (primary N) is 1. The van der Waals surface area contributed by atoms with E-state index in [9.17, 15) is 4.79 Å². The fraction of sp³-hybridized carbons (Fsp3) is 0.478. The molecule has 2 aliphatic rings. The van der Waals surface area contributed by atoms with Crippen molar-refractivity contribution in [3.8, 4) is 0 Å². The summed E-state index contributed by atoms with van der Waals surface area (Å²) in [5.74, 6) is 0.785. The van der Waals surface area contributed by atoms with Crippen LogP contribution in [0, 0.1) is 0 Å². The molecule has 2 fully saturated rings. The summed E-state index contributed by atoms with van der Waals surface area (Å²) in [4.78, 5) is 26.9. The number of nitrogens with zero attached hydrogens (tertiary/aromatic N) is 4. The Labute approximate surface area is 206 Å². The number of imidazole rings is 1. The van der Waals surface area contributed by atoms with Crippen LogP contribution in [-0.2, 0) is 0 Å². The average molecular weight is 492 g/mol. The number of amides is 1. The largest absolute Gasteiger partial charge is 0.351 e. The molecule has 2 aliphatic carbocycles. The van der Waals surface area contributed by atoms with Gasteiger partial charge >= 0.3 is 0 Å². The third-order valence-electron chi connectivity index (χ3n) is 6.51. The number of hydrogen-bond donors (Lipinski definition) is 3. The predicted molar refractivity (Wildman–Crippen MR) is 136 cm³/mol. The van der Waals surface area contributed by atoms with E-state index in [1.165, 1.54) is 12.8 Å². The number of rotatable bonds is 5. The minimum atomic E-state index is -0.203. The van der Waals surface area contributed by atoms with Crippen LogP contribution in [0.15, 0.2) is 36.7 Å². The number of carbonyl (C=O) groups excluding carboxylic acids is 1. The van der Waals surface area contributed by atoms with Gasteiger partial charge in [-0.2, -0.15) is 9.97 Å². The zero-order valence-corrected chi connectivity index (χ0v) is 20.1. The molecule has 178 valence electrons. The molecule has 1 amide bonds. The Hall–Kier alpha value is -2.42. The van der Waals surface area contributed by atoms with E-state index < -0.39 is 0 Å². The first-order valence-corrected chi connectivity index (χ1v) is 11.3. The van der Waals surface area contributed by atoms with Crippen LogP contribution in [0.3, 0.4) is 0 Å². The van der Waals surface area contributed by atoms with Gasteiger partial charge in [0.2, 0.25) is 5.95 Å². The maximum absolute atomic E-state index is 12.8. The Kier molecular flexibility index (Phi) is 8.51. The lowest BCUT2D eigenvalue weighted by atomic mass is 9.92. The molecule has 1 aromatic carbocycles. The molecule has 33 heavy (non-hydrogen) atoms. The summed E-state index contributed by atoms with van der Waals surface area (Å²) in [5.41, 5.74) is 8.05. The third kappa shape index (κ3) is 5.57. The maximum Gasteiger partial charge on any atom is 0.256 e. The number of benzene rings is 1. The van der Waals surface area contributed by atoms with Crippen molar-refractivity contribution in [2.24, 2.45) is 5.73 Å². The van der Waals surface area contributed by atoms with Gasteiger partial charge in [0.15, 0.2) is 17.0 Å². The smallest absolute Gasteiger partial charge is 0.256 e. The number of carbonyl (C=O) groups is 1. The van der Waals surface area contributed by atoms with E-state index in [0.29, 0.717) is 28.9 Å². The Morgan fingerprint density at radius 3 is 2.36 bits per heavy atom. The molecule has 2 saturated carbocycles. The van der Waals surface area contributed by atoms with E-state index in [4.69, 9.17) is 10.7 Å². The standard InChI is InChI=1S/C23H29N7O.2ClH/c24-16-10-12-17(13-11-16)26-23-28-20(27-22(31)15-6-2-1-3-7-15)19-21(29-23)30(14-25-19)18-8-4-5-9-18;;/h1-3,6-7,14,16-18H,4-5,8-13,24H2,(H2,26,27,28,29,31);2*1H. The molecule has 0 spiro atoms. The number of hydrogen-bond acceptors (Lipinski definition) is 6. The lowest BCUT2D eigenvalue weighted by molar-refractivity contribution is 0.102. The van der Waals surface area contributed by atoms with E-state index in [-0.39, 0.29) is 42.8 Å². The molecule has 0 unspecified atom stereocenters. The summed E-state index contributed by atoms with van der Waals surface area (Å²) < 4.78 is 2.16. The van der Waals surface area contributed by atoms with Crippen molar-refractivity contribution in [1.29, 1.82) is 0 Å². The van der Waals surface area contributed by atoms with E-state index in [2.05, 4.69) is 25.2 Å². The second-order valence-electron chi connectivity index (χ2n) is 8.73. The van der Waals surface area contributed by atoms with Crippen molar-refractivity contribution in [1.82, 2.24) is 19.5 Å². The van der Waals surface area contributed by atoms with E-state index in [1.807, 2.05) is 24.5 Å². The zero-order valence-electron chi connectivity index (χ0n) is 18.4. The summed E-state index contributed by atoms with van der Waals surface area (Å²) >= 11 is 0. The molecule has 10 heteroatoms. The SMILES string of the molecule is Cl.Cl.NC1CCC(Nc2nc(NC(=O)c3ccccc3)c3ncn(C4CCCC4)c3n2)CC1. The van der Waals surface area contributed by atoms with Crippen molar-refractivity contribution >= 4 is 53.7 Å². The highest BCUT2D eigenvalue weighted by Crippen LogP contribution is 2.33. The van der Waals surface area contributed by atoms with Gasteiger partial charge in [-0.1, -0.05) is 31.0 Å². The monoisotopic (exact) mass is 491 g/mol. The van der Waals surface area contributed by atoms with Gasteiger partial charge in [0, 0.05) is 23.7 Å². The Bertz CT molecular complexity index is 1060. The van der Waals surface area contributed by atoms with Crippen molar-refractivity contribution in [3.05, 3.63) is 42.2 Å². The van der Waals surface area contributed by atoms with E-state index >= 15 is 0 Å².